The van der Waals surface area contributed by atoms with Crippen molar-refractivity contribution in [1.29, 1.82) is 0 Å². The van der Waals surface area contributed by atoms with Crippen LogP contribution in [-0.4, -0.2) is 11.6 Å². The molecule has 0 saturated heterocycles. The van der Waals surface area contributed by atoms with E-state index < -0.39 is 0 Å². The Morgan fingerprint density at radius 2 is 2.00 bits per heavy atom. The van der Waals surface area contributed by atoms with Gasteiger partial charge in [-0.2, -0.15) is 0 Å². The van der Waals surface area contributed by atoms with Crippen LogP contribution in [0.25, 0.3) is 22.6 Å². The van der Waals surface area contributed by atoms with Crippen molar-refractivity contribution < 1.29 is 9.15 Å². The molecule has 2 aromatic carbocycles. The number of terminal acetylenes is 1. The van der Waals surface area contributed by atoms with Crippen molar-refractivity contribution in [2.45, 2.75) is 0 Å². The Bertz CT molecular complexity index is 738. The minimum Gasteiger partial charge on any atom is -0.481 e. The summed E-state index contributed by atoms with van der Waals surface area (Å²) >= 11 is 0. The molecule has 0 aliphatic rings. The molecule has 0 fully saturated rings. The van der Waals surface area contributed by atoms with Crippen molar-refractivity contribution in [3.8, 4) is 29.5 Å². The van der Waals surface area contributed by atoms with Crippen molar-refractivity contribution >= 4 is 11.1 Å². The van der Waals surface area contributed by atoms with Gasteiger partial charge in [0.2, 0.25) is 5.89 Å². The zero-order valence-corrected chi connectivity index (χ0v) is 10.2. The van der Waals surface area contributed by atoms with Gasteiger partial charge in [-0.3, -0.25) is 0 Å². The third kappa shape index (κ3) is 2.29. The highest BCUT2D eigenvalue weighted by Crippen LogP contribution is 2.26. The maximum atomic E-state index is 5.71. The number of fused-ring (bicyclic) bond motifs is 1. The fraction of sp³-hybridized carbons (Fsp3) is 0.0625. The first-order valence-electron chi connectivity index (χ1n) is 5.89. The van der Waals surface area contributed by atoms with Crippen molar-refractivity contribution in [2.24, 2.45) is 0 Å². The van der Waals surface area contributed by atoms with Crippen LogP contribution in [0.5, 0.6) is 5.75 Å². The van der Waals surface area contributed by atoms with Crippen LogP contribution in [0, 0.1) is 12.3 Å². The zero-order chi connectivity index (χ0) is 13.1. The topological polar surface area (TPSA) is 35.3 Å². The second-order valence-electron chi connectivity index (χ2n) is 4.01. The molecule has 0 spiro atoms. The van der Waals surface area contributed by atoms with Crippen LogP contribution >= 0.6 is 0 Å². The van der Waals surface area contributed by atoms with Gasteiger partial charge >= 0.3 is 0 Å². The first-order valence-corrected chi connectivity index (χ1v) is 5.89. The molecule has 0 unspecified atom stereocenters. The van der Waals surface area contributed by atoms with Crippen LogP contribution in [0.4, 0.5) is 0 Å². The molecule has 0 atom stereocenters. The number of oxazole rings is 1. The van der Waals surface area contributed by atoms with Gasteiger partial charge in [0.25, 0.3) is 0 Å². The molecule has 92 valence electrons. The smallest absolute Gasteiger partial charge is 0.227 e. The van der Waals surface area contributed by atoms with Gasteiger partial charge in [-0.15, -0.1) is 6.42 Å². The molecular formula is C16H11NO2. The molecule has 0 N–H and O–H groups in total. The minimum atomic E-state index is 0.245. The van der Waals surface area contributed by atoms with Crippen LogP contribution in [0.15, 0.2) is 52.9 Å². The lowest BCUT2D eigenvalue weighted by Crippen LogP contribution is -1.92. The normalized spacial score (nSPS) is 10.3. The monoisotopic (exact) mass is 249 g/mol. The van der Waals surface area contributed by atoms with Crippen LogP contribution in [0.2, 0.25) is 0 Å². The summed E-state index contributed by atoms with van der Waals surface area (Å²) in [6, 6.07) is 15.2. The highest BCUT2D eigenvalue weighted by atomic mass is 16.5. The van der Waals surface area contributed by atoms with E-state index in [0.717, 1.165) is 16.7 Å². The molecule has 19 heavy (non-hydrogen) atoms. The highest BCUT2D eigenvalue weighted by Gasteiger charge is 2.08. The Morgan fingerprint density at radius 3 is 2.79 bits per heavy atom. The van der Waals surface area contributed by atoms with Gasteiger partial charge in [-0.1, -0.05) is 24.1 Å². The average Bonchev–Trinajstić information content (AvgIpc) is 2.89. The summed E-state index contributed by atoms with van der Waals surface area (Å²) in [6.45, 7) is 0.245. The Kier molecular flexibility index (Phi) is 2.91. The van der Waals surface area contributed by atoms with E-state index in [1.165, 1.54) is 0 Å². The average molecular weight is 249 g/mol. The maximum absolute atomic E-state index is 5.71. The van der Waals surface area contributed by atoms with Gasteiger partial charge in [-0.25, -0.2) is 4.98 Å². The first kappa shape index (κ1) is 11.4. The van der Waals surface area contributed by atoms with E-state index in [1.54, 1.807) is 0 Å². The Hall–Kier alpha value is -2.73. The van der Waals surface area contributed by atoms with E-state index in [2.05, 4.69) is 10.9 Å². The van der Waals surface area contributed by atoms with E-state index in [0.29, 0.717) is 11.6 Å². The summed E-state index contributed by atoms with van der Waals surface area (Å²) in [5.74, 6) is 3.72. The van der Waals surface area contributed by atoms with E-state index >= 15 is 0 Å². The Labute approximate surface area is 110 Å². The summed E-state index contributed by atoms with van der Waals surface area (Å²) in [5, 5.41) is 0. The number of nitrogens with zero attached hydrogens (tertiary/aromatic N) is 1. The van der Waals surface area contributed by atoms with Crippen LogP contribution in [-0.2, 0) is 0 Å². The Balaban J connectivity index is 2.00. The lowest BCUT2D eigenvalue weighted by molar-refractivity contribution is 0.371. The van der Waals surface area contributed by atoms with Gasteiger partial charge in [0.05, 0.1) is 0 Å². The number of ether oxygens (including phenoxy) is 1. The van der Waals surface area contributed by atoms with Gasteiger partial charge in [0, 0.05) is 11.6 Å². The summed E-state index contributed by atoms with van der Waals surface area (Å²) in [7, 11) is 0. The molecule has 3 nitrogen and oxygen atoms in total. The number of rotatable bonds is 3. The standard InChI is InChI=1S/C16H11NO2/c1-2-10-18-13-8-9-15-14(11-13)17-16(19-15)12-6-4-3-5-7-12/h1,3-9,11H,10H2. The molecule has 3 rings (SSSR count). The maximum Gasteiger partial charge on any atom is 0.227 e. The van der Waals surface area contributed by atoms with Crippen molar-refractivity contribution in [2.75, 3.05) is 6.61 Å². The van der Waals surface area contributed by atoms with Gasteiger partial charge in [0.1, 0.15) is 17.9 Å². The molecular weight excluding hydrogens is 238 g/mol. The third-order valence-electron chi connectivity index (χ3n) is 2.70. The zero-order valence-electron chi connectivity index (χ0n) is 10.2. The van der Waals surface area contributed by atoms with Crippen LogP contribution in [0.1, 0.15) is 0 Å². The number of benzene rings is 2. The summed E-state index contributed by atoms with van der Waals surface area (Å²) in [5.41, 5.74) is 2.44. The lowest BCUT2D eigenvalue weighted by atomic mass is 10.2. The van der Waals surface area contributed by atoms with E-state index in [4.69, 9.17) is 15.6 Å². The molecule has 1 heterocycles. The molecule has 0 bridgehead atoms. The molecule has 3 heteroatoms. The molecule has 1 aromatic heterocycles. The minimum absolute atomic E-state index is 0.245. The summed E-state index contributed by atoms with van der Waals surface area (Å²) in [6.07, 6.45) is 5.16. The predicted molar refractivity (Wildman–Crippen MR) is 73.8 cm³/mol. The molecule has 0 aliphatic heterocycles. The lowest BCUT2D eigenvalue weighted by Gasteiger charge is -1.99. The van der Waals surface area contributed by atoms with Gasteiger partial charge in [-0.05, 0) is 24.3 Å². The number of hydrogen-bond donors (Lipinski definition) is 0. The Morgan fingerprint density at radius 1 is 1.16 bits per heavy atom. The van der Waals surface area contributed by atoms with Crippen LogP contribution in [0.3, 0.4) is 0 Å². The van der Waals surface area contributed by atoms with E-state index in [1.807, 2.05) is 48.5 Å². The second-order valence-corrected chi connectivity index (χ2v) is 4.01. The highest BCUT2D eigenvalue weighted by molar-refractivity contribution is 5.77. The fourth-order valence-corrected chi connectivity index (χ4v) is 1.83. The van der Waals surface area contributed by atoms with Crippen LogP contribution < -0.4 is 4.74 Å². The van der Waals surface area contributed by atoms with Gasteiger partial charge < -0.3 is 9.15 Å². The number of hydrogen-bond acceptors (Lipinski definition) is 3. The first-order chi connectivity index (χ1) is 9.36. The fourth-order valence-electron chi connectivity index (χ4n) is 1.83. The predicted octanol–water partition coefficient (Wildman–Crippen LogP) is 3.51. The molecule has 0 aliphatic carbocycles. The van der Waals surface area contributed by atoms with Crippen molar-refractivity contribution in [3.63, 3.8) is 0 Å². The van der Waals surface area contributed by atoms with Gasteiger partial charge in [0.15, 0.2) is 5.58 Å². The second kappa shape index (κ2) is 4.87. The molecule has 0 amide bonds. The summed E-state index contributed by atoms with van der Waals surface area (Å²) < 4.78 is 11.1. The van der Waals surface area contributed by atoms with Crippen molar-refractivity contribution in [3.05, 3.63) is 48.5 Å². The number of aromatic nitrogens is 1. The summed E-state index contributed by atoms with van der Waals surface area (Å²) in [4.78, 5) is 4.45. The van der Waals surface area contributed by atoms with E-state index in [-0.39, 0.29) is 6.61 Å². The third-order valence-corrected chi connectivity index (χ3v) is 2.70. The molecule has 3 aromatic rings. The molecule has 0 saturated carbocycles. The van der Waals surface area contributed by atoms with Crippen molar-refractivity contribution in [1.82, 2.24) is 4.98 Å². The molecule has 0 radical (unpaired) electrons. The van der Waals surface area contributed by atoms with E-state index in [9.17, 15) is 0 Å². The quantitative estimate of drug-likeness (QED) is 0.666. The SMILES string of the molecule is C#CCOc1ccc2oc(-c3ccccc3)nc2c1. The largest absolute Gasteiger partial charge is 0.481 e.